The van der Waals surface area contributed by atoms with E-state index in [2.05, 4.69) is 35.0 Å². The molecule has 0 spiro atoms. The van der Waals surface area contributed by atoms with Gasteiger partial charge in [-0.25, -0.2) is 0 Å². The lowest BCUT2D eigenvalue weighted by Crippen LogP contribution is -2.29. The predicted molar refractivity (Wildman–Crippen MR) is 131 cm³/mol. The number of anilines is 1. The van der Waals surface area contributed by atoms with Gasteiger partial charge in [0, 0.05) is 10.2 Å². The molecule has 3 aromatic carbocycles. The Morgan fingerprint density at radius 3 is 2.38 bits per heavy atom. The van der Waals surface area contributed by atoms with E-state index >= 15 is 0 Å². The topological polar surface area (TPSA) is 50.5 Å². The second-order valence-corrected chi connectivity index (χ2v) is 9.17. The summed E-state index contributed by atoms with van der Waals surface area (Å²) in [6.45, 7) is 6.16. The molecule has 2 heterocycles. The third-order valence-corrected chi connectivity index (χ3v) is 6.80. The molecule has 160 valence electrons. The summed E-state index contributed by atoms with van der Waals surface area (Å²) in [6, 6.07) is 18.8. The number of nitrogens with zero attached hydrogens (tertiary/aromatic N) is 1. The molecule has 5 rings (SSSR count). The van der Waals surface area contributed by atoms with Crippen LogP contribution in [-0.4, -0.2) is 5.91 Å². The number of aryl methyl sites for hydroxylation is 3. The summed E-state index contributed by atoms with van der Waals surface area (Å²) in [4.78, 5) is 29.0. The predicted octanol–water partition coefficient (Wildman–Crippen LogP) is 6.48. The fourth-order valence-electron chi connectivity index (χ4n) is 4.34. The third kappa shape index (κ3) is 3.19. The minimum atomic E-state index is -0.551. The highest BCUT2D eigenvalue weighted by atomic mass is 79.9. The molecule has 4 aromatic rings. The van der Waals surface area contributed by atoms with E-state index in [-0.39, 0.29) is 17.1 Å². The lowest BCUT2D eigenvalue weighted by atomic mass is 9.96. The van der Waals surface area contributed by atoms with Crippen LogP contribution < -0.4 is 10.3 Å². The Hall–Kier alpha value is -3.18. The number of hydrogen-bond donors (Lipinski definition) is 0. The third-order valence-electron chi connectivity index (χ3n) is 6.30. The van der Waals surface area contributed by atoms with Gasteiger partial charge in [-0.15, -0.1) is 0 Å². The fourth-order valence-corrected chi connectivity index (χ4v) is 4.70. The van der Waals surface area contributed by atoms with Gasteiger partial charge in [0.25, 0.3) is 5.91 Å². The summed E-state index contributed by atoms with van der Waals surface area (Å²) in [6.07, 6.45) is 0.919. The molecular formula is C27H22BrNO3. The minimum Gasteiger partial charge on any atom is -0.450 e. The van der Waals surface area contributed by atoms with E-state index in [1.807, 2.05) is 44.2 Å². The Bertz CT molecular complexity index is 1440. The van der Waals surface area contributed by atoms with Crippen molar-refractivity contribution in [2.24, 2.45) is 0 Å². The van der Waals surface area contributed by atoms with Crippen molar-refractivity contribution in [2.45, 2.75) is 33.2 Å². The Balaban J connectivity index is 1.80. The Morgan fingerprint density at radius 2 is 1.69 bits per heavy atom. The Labute approximate surface area is 194 Å². The van der Waals surface area contributed by atoms with Crippen LogP contribution in [-0.2, 0) is 6.42 Å². The zero-order valence-electron chi connectivity index (χ0n) is 18.1. The summed E-state index contributed by atoms with van der Waals surface area (Å²) in [5.74, 6) is -0.178. The van der Waals surface area contributed by atoms with E-state index in [1.54, 1.807) is 23.1 Å². The molecule has 0 saturated heterocycles. The molecule has 1 atom stereocenters. The molecule has 0 aliphatic carbocycles. The average Bonchev–Trinajstić information content (AvgIpc) is 3.09. The number of fused-ring (bicyclic) bond motifs is 2. The van der Waals surface area contributed by atoms with Crippen LogP contribution in [0.2, 0.25) is 0 Å². The number of benzene rings is 3. The van der Waals surface area contributed by atoms with Gasteiger partial charge in [-0.05, 0) is 72.9 Å². The van der Waals surface area contributed by atoms with Gasteiger partial charge in [-0.3, -0.25) is 14.5 Å². The average molecular weight is 488 g/mol. The molecular weight excluding hydrogens is 466 g/mol. The molecule has 0 radical (unpaired) electrons. The lowest BCUT2D eigenvalue weighted by molar-refractivity contribution is 0.0971. The standard InChI is InChI=1S/C27H22BrNO3/c1-4-17-6-8-18(9-7-17)24-23-25(30)21-14-19(28)10-12-22(21)32-26(23)27(31)29(24)20-11-5-15(2)16(3)13-20/h5-14,24H,4H2,1-3H3. The number of hydrogen-bond acceptors (Lipinski definition) is 3. The van der Waals surface area contributed by atoms with Crippen LogP contribution in [0.5, 0.6) is 0 Å². The van der Waals surface area contributed by atoms with E-state index in [4.69, 9.17) is 4.42 Å². The van der Waals surface area contributed by atoms with Crippen molar-refractivity contribution >= 4 is 38.5 Å². The van der Waals surface area contributed by atoms with Crippen LogP contribution in [0.3, 0.4) is 0 Å². The van der Waals surface area contributed by atoms with Crippen LogP contribution >= 0.6 is 15.9 Å². The number of amides is 1. The highest BCUT2D eigenvalue weighted by Gasteiger charge is 2.43. The van der Waals surface area contributed by atoms with E-state index in [0.717, 1.165) is 33.3 Å². The Morgan fingerprint density at radius 1 is 0.938 bits per heavy atom. The Kier molecular flexibility index (Phi) is 5.01. The molecule has 1 unspecified atom stereocenters. The minimum absolute atomic E-state index is 0.118. The number of carbonyl (C=O) groups excluding carboxylic acids is 1. The van der Waals surface area contributed by atoms with Crippen molar-refractivity contribution in [3.8, 4) is 0 Å². The summed E-state index contributed by atoms with van der Waals surface area (Å²) in [5, 5.41) is 0.461. The molecule has 32 heavy (non-hydrogen) atoms. The van der Waals surface area contributed by atoms with Crippen molar-refractivity contribution in [2.75, 3.05) is 4.90 Å². The van der Waals surface area contributed by atoms with Crippen molar-refractivity contribution < 1.29 is 9.21 Å². The molecule has 0 fully saturated rings. The molecule has 4 nitrogen and oxygen atoms in total. The molecule has 1 aromatic heterocycles. The van der Waals surface area contributed by atoms with Crippen LogP contribution in [0.25, 0.3) is 11.0 Å². The maximum absolute atomic E-state index is 13.7. The molecule has 0 bridgehead atoms. The van der Waals surface area contributed by atoms with Gasteiger partial charge >= 0.3 is 0 Å². The van der Waals surface area contributed by atoms with Crippen molar-refractivity contribution in [1.82, 2.24) is 0 Å². The fraction of sp³-hybridized carbons (Fsp3) is 0.185. The zero-order chi connectivity index (χ0) is 22.6. The lowest BCUT2D eigenvalue weighted by Gasteiger charge is -2.26. The molecule has 1 amide bonds. The normalized spacial score (nSPS) is 15.4. The second-order valence-electron chi connectivity index (χ2n) is 8.26. The molecule has 0 saturated carbocycles. The summed E-state index contributed by atoms with van der Waals surface area (Å²) >= 11 is 3.44. The monoisotopic (exact) mass is 487 g/mol. The van der Waals surface area contributed by atoms with Gasteiger partial charge in [-0.2, -0.15) is 0 Å². The quantitative estimate of drug-likeness (QED) is 0.332. The first-order chi connectivity index (χ1) is 15.4. The highest BCUT2D eigenvalue weighted by Crippen LogP contribution is 2.41. The van der Waals surface area contributed by atoms with Crippen molar-refractivity contribution in [3.05, 3.63) is 109 Å². The van der Waals surface area contributed by atoms with E-state index in [9.17, 15) is 9.59 Å². The van der Waals surface area contributed by atoms with Crippen LogP contribution in [0.15, 0.2) is 74.3 Å². The first-order valence-corrected chi connectivity index (χ1v) is 11.4. The van der Waals surface area contributed by atoms with Gasteiger partial charge in [0.2, 0.25) is 5.76 Å². The maximum atomic E-state index is 13.7. The molecule has 0 N–H and O–H groups in total. The maximum Gasteiger partial charge on any atom is 0.295 e. The number of halogens is 1. The molecule has 1 aliphatic rings. The summed E-state index contributed by atoms with van der Waals surface area (Å²) < 4.78 is 6.83. The van der Waals surface area contributed by atoms with E-state index < -0.39 is 6.04 Å². The SMILES string of the molecule is CCc1ccc(C2c3c(oc4ccc(Br)cc4c3=O)C(=O)N2c2ccc(C)c(C)c2)cc1. The van der Waals surface area contributed by atoms with Gasteiger partial charge in [0.15, 0.2) is 5.43 Å². The molecule has 1 aliphatic heterocycles. The van der Waals surface area contributed by atoms with Crippen molar-refractivity contribution in [1.29, 1.82) is 0 Å². The number of carbonyl (C=O) groups is 1. The first kappa shape index (κ1) is 20.7. The second kappa shape index (κ2) is 7.75. The van der Waals surface area contributed by atoms with E-state index in [1.165, 1.54) is 5.56 Å². The smallest absolute Gasteiger partial charge is 0.295 e. The summed E-state index contributed by atoms with van der Waals surface area (Å²) in [7, 11) is 0. The van der Waals surface area contributed by atoms with Gasteiger partial charge in [0.05, 0.1) is 17.0 Å². The van der Waals surface area contributed by atoms with Crippen LogP contribution in [0.4, 0.5) is 5.69 Å². The van der Waals surface area contributed by atoms with Crippen LogP contribution in [0.1, 0.15) is 51.3 Å². The molecule has 5 heteroatoms. The number of rotatable bonds is 3. The van der Waals surface area contributed by atoms with Crippen LogP contribution in [0, 0.1) is 13.8 Å². The summed E-state index contributed by atoms with van der Waals surface area (Å²) in [5.41, 5.74) is 5.69. The first-order valence-electron chi connectivity index (χ1n) is 10.6. The zero-order valence-corrected chi connectivity index (χ0v) is 19.7. The van der Waals surface area contributed by atoms with Gasteiger partial charge < -0.3 is 4.42 Å². The largest absolute Gasteiger partial charge is 0.450 e. The van der Waals surface area contributed by atoms with Crippen molar-refractivity contribution in [3.63, 3.8) is 0 Å². The van der Waals surface area contributed by atoms with Gasteiger partial charge in [-0.1, -0.05) is 53.2 Å². The van der Waals surface area contributed by atoms with Gasteiger partial charge in [0.1, 0.15) is 5.58 Å². The van der Waals surface area contributed by atoms with E-state index in [0.29, 0.717) is 16.5 Å². The highest BCUT2D eigenvalue weighted by molar-refractivity contribution is 9.10.